The summed E-state index contributed by atoms with van der Waals surface area (Å²) in [6.45, 7) is 2.11. The van der Waals surface area contributed by atoms with E-state index >= 15 is 0 Å². The zero-order chi connectivity index (χ0) is 11.4. The molecule has 0 atom stereocenters. The van der Waals surface area contributed by atoms with E-state index in [0.717, 1.165) is 35.8 Å². The van der Waals surface area contributed by atoms with Crippen LogP contribution in [0, 0.1) is 0 Å². The van der Waals surface area contributed by atoms with Gasteiger partial charge in [-0.15, -0.1) is 0 Å². The van der Waals surface area contributed by atoms with E-state index in [1.54, 1.807) is 13.3 Å². The van der Waals surface area contributed by atoms with E-state index in [-0.39, 0.29) is 0 Å². The molecule has 0 unspecified atom stereocenters. The fourth-order valence-corrected chi connectivity index (χ4v) is 1.53. The predicted molar refractivity (Wildman–Crippen MR) is 62.5 cm³/mol. The molecular formula is C13H15NO2. The highest BCUT2D eigenvalue weighted by Crippen LogP contribution is 2.23. The number of rotatable bonds is 4. The highest BCUT2D eigenvalue weighted by Gasteiger charge is 2.05. The molecule has 3 nitrogen and oxygen atoms in total. The van der Waals surface area contributed by atoms with Gasteiger partial charge in [-0.3, -0.25) is 0 Å². The maximum atomic E-state index is 5.63. The zero-order valence-electron chi connectivity index (χ0n) is 9.56. The molecule has 0 radical (unpaired) electrons. The lowest BCUT2D eigenvalue weighted by Crippen LogP contribution is -1.81. The Morgan fingerprint density at radius 1 is 1.25 bits per heavy atom. The van der Waals surface area contributed by atoms with Gasteiger partial charge >= 0.3 is 0 Å². The van der Waals surface area contributed by atoms with Gasteiger partial charge in [0.2, 0.25) is 0 Å². The van der Waals surface area contributed by atoms with E-state index in [4.69, 9.17) is 9.15 Å². The standard InChI is InChI=1S/C13H15NO2/c1-3-4-13-14-9-12(16-13)10-5-7-11(15-2)8-6-10/h5-9H,3-4H2,1-2H3. The fourth-order valence-electron chi connectivity index (χ4n) is 1.53. The van der Waals surface area contributed by atoms with Gasteiger partial charge < -0.3 is 9.15 Å². The number of methoxy groups -OCH3 is 1. The van der Waals surface area contributed by atoms with Crippen molar-refractivity contribution >= 4 is 0 Å². The average molecular weight is 217 g/mol. The number of oxazole rings is 1. The first-order valence-electron chi connectivity index (χ1n) is 5.42. The SMILES string of the molecule is CCCc1ncc(-c2ccc(OC)cc2)o1. The number of ether oxygens (including phenoxy) is 1. The third kappa shape index (κ3) is 2.24. The van der Waals surface area contributed by atoms with Crippen molar-refractivity contribution < 1.29 is 9.15 Å². The van der Waals surface area contributed by atoms with Crippen LogP contribution in [-0.4, -0.2) is 12.1 Å². The van der Waals surface area contributed by atoms with Gasteiger partial charge in [-0.25, -0.2) is 4.98 Å². The maximum absolute atomic E-state index is 5.63. The van der Waals surface area contributed by atoms with Gasteiger partial charge in [0.1, 0.15) is 5.75 Å². The van der Waals surface area contributed by atoms with E-state index in [1.807, 2.05) is 24.3 Å². The summed E-state index contributed by atoms with van der Waals surface area (Å²) in [6, 6.07) is 7.76. The molecule has 84 valence electrons. The van der Waals surface area contributed by atoms with Crippen LogP contribution >= 0.6 is 0 Å². The molecule has 16 heavy (non-hydrogen) atoms. The third-order valence-corrected chi connectivity index (χ3v) is 2.39. The molecule has 0 aliphatic rings. The lowest BCUT2D eigenvalue weighted by Gasteiger charge is -2.00. The summed E-state index contributed by atoms with van der Waals surface area (Å²) in [4.78, 5) is 4.23. The molecule has 2 aromatic rings. The Morgan fingerprint density at radius 2 is 2.00 bits per heavy atom. The highest BCUT2D eigenvalue weighted by molar-refractivity contribution is 5.57. The molecule has 0 saturated carbocycles. The van der Waals surface area contributed by atoms with Crippen molar-refractivity contribution in [2.75, 3.05) is 7.11 Å². The Bertz CT molecular complexity index is 445. The van der Waals surface area contributed by atoms with Crippen molar-refractivity contribution in [1.82, 2.24) is 4.98 Å². The normalized spacial score (nSPS) is 10.4. The second-order valence-corrected chi connectivity index (χ2v) is 3.60. The average Bonchev–Trinajstić information content (AvgIpc) is 2.78. The lowest BCUT2D eigenvalue weighted by atomic mass is 10.2. The monoisotopic (exact) mass is 217 g/mol. The Labute approximate surface area is 95.1 Å². The largest absolute Gasteiger partial charge is 0.497 e. The van der Waals surface area contributed by atoms with Gasteiger partial charge in [-0.1, -0.05) is 6.92 Å². The van der Waals surface area contributed by atoms with Crippen molar-refractivity contribution in [1.29, 1.82) is 0 Å². The van der Waals surface area contributed by atoms with E-state index < -0.39 is 0 Å². The van der Waals surface area contributed by atoms with E-state index in [9.17, 15) is 0 Å². The lowest BCUT2D eigenvalue weighted by molar-refractivity contribution is 0.415. The third-order valence-electron chi connectivity index (χ3n) is 2.39. The molecule has 0 aliphatic heterocycles. The van der Waals surface area contributed by atoms with Crippen molar-refractivity contribution in [3.05, 3.63) is 36.4 Å². The number of benzene rings is 1. The summed E-state index contributed by atoms with van der Waals surface area (Å²) >= 11 is 0. The quantitative estimate of drug-likeness (QED) is 0.788. The molecule has 0 aliphatic carbocycles. The Kier molecular flexibility index (Phi) is 3.25. The number of hydrogen-bond acceptors (Lipinski definition) is 3. The van der Waals surface area contributed by atoms with Crippen LogP contribution in [0.15, 0.2) is 34.9 Å². The second kappa shape index (κ2) is 4.84. The molecule has 0 bridgehead atoms. The summed E-state index contributed by atoms with van der Waals surface area (Å²) in [5, 5.41) is 0. The zero-order valence-corrected chi connectivity index (χ0v) is 9.56. The van der Waals surface area contributed by atoms with Crippen LogP contribution in [0.1, 0.15) is 19.2 Å². The van der Waals surface area contributed by atoms with Crippen LogP contribution in [0.25, 0.3) is 11.3 Å². The molecule has 1 aromatic carbocycles. The molecule has 0 N–H and O–H groups in total. The van der Waals surface area contributed by atoms with Gasteiger partial charge in [0.25, 0.3) is 0 Å². The first-order valence-corrected chi connectivity index (χ1v) is 5.42. The van der Waals surface area contributed by atoms with Gasteiger partial charge in [-0.2, -0.15) is 0 Å². The van der Waals surface area contributed by atoms with Crippen molar-refractivity contribution in [2.45, 2.75) is 19.8 Å². The van der Waals surface area contributed by atoms with E-state index in [1.165, 1.54) is 0 Å². The van der Waals surface area contributed by atoms with Gasteiger partial charge in [0.05, 0.1) is 13.3 Å². The minimum absolute atomic E-state index is 0.799. The summed E-state index contributed by atoms with van der Waals surface area (Å²) < 4.78 is 10.7. The molecule has 0 spiro atoms. The minimum atomic E-state index is 0.799. The summed E-state index contributed by atoms with van der Waals surface area (Å²) in [5.74, 6) is 2.46. The van der Waals surface area contributed by atoms with Gasteiger partial charge in [0, 0.05) is 12.0 Å². The minimum Gasteiger partial charge on any atom is -0.497 e. The number of aromatic nitrogens is 1. The first-order chi connectivity index (χ1) is 7.83. The Balaban J connectivity index is 2.21. The van der Waals surface area contributed by atoms with Crippen LogP contribution in [0.4, 0.5) is 0 Å². The molecule has 0 saturated heterocycles. The molecule has 1 heterocycles. The van der Waals surface area contributed by atoms with E-state index in [0.29, 0.717) is 0 Å². The topological polar surface area (TPSA) is 35.3 Å². The smallest absolute Gasteiger partial charge is 0.194 e. The van der Waals surface area contributed by atoms with Gasteiger partial charge in [0.15, 0.2) is 11.7 Å². The van der Waals surface area contributed by atoms with Crippen LogP contribution in [0.2, 0.25) is 0 Å². The predicted octanol–water partition coefficient (Wildman–Crippen LogP) is 3.30. The molecule has 0 amide bonds. The highest BCUT2D eigenvalue weighted by atomic mass is 16.5. The first kappa shape index (κ1) is 10.7. The molecular weight excluding hydrogens is 202 g/mol. The molecule has 0 fully saturated rings. The van der Waals surface area contributed by atoms with Crippen LogP contribution < -0.4 is 4.74 Å². The summed E-state index contributed by atoms with van der Waals surface area (Å²) in [6.07, 6.45) is 3.70. The van der Waals surface area contributed by atoms with Crippen molar-refractivity contribution in [2.24, 2.45) is 0 Å². The fraction of sp³-hybridized carbons (Fsp3) is 0.308. The maximum Gasteiger partial charge on any atom is 0.194 e. The second-order valence-electron chi connectivity index (χ2n) is 3.60. The van der Waals surface area contributed by atoms with Crippen LogP contribution in [-0.2, 0) is 6.42 Å². The molecule has 3 heteroatoms. The van der Waals surface area contributed by atoms with Crippen molar-refractivity contribution in [3.8, 4) is 17.1 Å². The summed E-state index contributed by atoms with van der Waals surface area (Å²) in [7, 11) is 1.66. The van der Waals surface area contributed by atoms with Crippen molar-refractivity contribution in [3.63, 3.8) is 0 Å². The Hall–Kier alpha value is -1.77. The number of aryl methyl sites for hydroxylation is 1. The Morgan fingerprint density at radius 3 is 2.62 bits per heavy atom. The van der Waals surface area contributed by atoms with Crippen LogP contribution in [0.5, 0.6) is 5.75 Å². The molecule has 2 rings (SSSR count). The number of nitrogens with zero attached hydrogens (tertiary/aromatic N) is 1. The summed E-state index contributed by atoms with van der Waals surface area (Å²) in [5.41, 5.74) is 1.02. The van der Waals surface area contributed by atoms with Crippen LogP contribution in [0.3, 0.4) is 0 Å². The number of hydrogen-bond donors (Lipinski definition) is 0. The van der Waals surface area contributed by atoms with E-state index in [2.05, 4.69) is 11.9 Å². The molecule has 1 aromatic heterocycles. The van der Waals surface area contributed by atoms with Gasteiger partial charge in [-0.05, 0) is 30.7 Å².